The highest BCUT2D eigenvalue weighted by Crippen LogP contribution is 2.16. The standard InChI is InChI=1S/C20H23N3O5/c1-23(12-18(24)21-14-8-10-15(27-2)11-9-14)13-19(25)22-17-7-5-4-6-16(17)20(26)28-3/h4-11H,12-13H2,1-3H3,(H,21,24)(H,22,25). The highest BCUT2D eigenvalue weighted by molar-refractivity contribution is 6.02. The third-order valence-electron chi connectivity index (χ3n) is 3.81. The third-order valence-corrected chi connectivity index (χ3v) is 3.81. The van der Waals surface area contributed by atoms with Gasteiger partial charge in [-0.2, -0.15) is 0 Å². The van der Waals surface area contributed by atoms with Crippen molar-refractivity contribution in [1.29, 1.82) is 0 Å². The van der Waals surface area contributed by atoms with Crippen molar-refractivity contribution in [2.75, 3.05) is 45.0 Å². The lowest BCUT2D eigenvalue weighted by atomic mass is 10.2. The number of methoxy groups -OCH3 is 2. The second-order valence-corrected chi connectivity index (χ2v) is 6.03. The number of nitrogens with one attached hydrogen (secondary N) is 2. The van der Waals surface area contributed by atoms with Crippen LogP contribution in [0.2, 0.25) is 0 Å². The van der Waals surface area contributed by atoms with Crippen LogP contribution in [0.25, 0.3) is 0 Å². The summed E-state index contributed by atoms with van der Waals surface area (Å²) in [7, 11) is 4.49. The quantitative estimate of drug-likeness (QED) is 0.675. The average molecular weight is 385 g/mol. The second kappa shape index (κ2) is 10.1. The van der Waals surface area contributed by atoms with E-state index >= 15 is 0 Å². The van der Waals surface area contributed by atoms with E-state index in [0.717, 1.165) is 0 Å². The van der Waals surface area contributed by atoms with Crippen molar-refractivity contribution >= 4 is 29.2 Å². The SMILES string of the molecule is COC(=O)c1ccccc1NC(=O)CN(C)CC(=O)Nc1ccc(OC)cc1. The number of likely N-dealkylation sites (N-methyl/N-ethyl adjacent to an activating group) is 1. The first kappa shape index (κ1) is 20.9. The average Bonchev–Trinajstić information content (AvgIpc) is 2.68. The Labute approximate surface area is 163 Å². The van der Waals surface area contributed by atoms with Crippen molar-refractivity contribution in [2.24, 2.45) is 0 Å². The van der Waals surface area contributed by atoms with Gasteiger partial charge in [0, 0.05) is 5.69 Å². The van der Waals surface area contributed by atoms with Crippen LogP contribution in [0.3, 0.4) is 0 Å². The van der Waals surface area contributed by atoms with Crippen LogP contribution in [-0.2, 0) is 14.3 Å². The van der Waals surface area contributed by atoms with Crippen LogP contribution in [0.1, 0.15) is 10.4 Å². The van der Waals surface area contributed by atoms with Gasteiger partial charge in [0.05, 0.1) is 38.6 Å². The highest BCUT2D eigenvalue weighted by Gasteiger charge is 2.15. The molecule has 0 saturated carbocycles. The van der Waals surface area contributed by atoms with Crippen LogP contribution in [0.5, 0.6) is 5.75 Å². The summed E-state index contributed by atoms with van der Waals surface area (Å²) in [6.45, 7) is 0.00361. The van der Waals surface area contributed by atoms with Gasteiger partial charge < -0.3 is 20.1 Å². The molecule has 0 bridgehead atoms. The second-order valence-electron chi connectivity index (χ2n) is 6.03. The molecule has 0 spiro atoms. The molecule has 2 aromatic rings. The minimum atomic E-state index is -0.539. The number of ether oxygens (including phenoxy) is 2. The minimum absolute atomic E-state index is 0.0223. The Hall–Kier alpha value is -3.39. The normalized spacial score (nSPS) is 10.3. The van der Waals surface area contributed by atoms with Gasteiger partial charge in [-0.15, -0.1) is 0 Å². The molecule has 2 aromatic carbocycles. The van der Waals surface area contributed by atoms with Gasteiger partial charge in [0.15, 0.2) is 0 Å². The summed E-state index contributed by atoms with van der Waals surface area (Å²) in [5, 5.41) is 5.41. The molecule has 0 atom stereocenters. The number of nitrogens with zero attached hydrogens (tertiary/aromatic N) is 1. The van der Waals surface area contributed by atoms with Crippen molar-refractivity contribution in [3.8, 4) is 5.75 Å². The Morgan fingerprint density at radius 2 is 1.50 bits per heavy atom. The molecular weight excluding hydrogens is 362 g/mol. The fraction of sp³-hybridized carbons (Fsp3) is 0.250. The molecule has 0 unspecified atom stereocenters. The zero-order valence-corrected chi connectivity index (χ0v) is 16.0. The zero-order chi connectivity index (χ0) is 20.5. The fourth-order valence-electron chi connectivity index (χ4n) is 2.49. The van der Waals surface area contributed by atoms with Crippen LogP contribution in [0.4, 0.5) is 11.4 Å². The van der Waals surface area contributed by atoms with Gasteiger partial charge >= 0.3 is 5.97 Å². The summed E-state index contributed by atoms with van der Waals surface area (Å²) in [5.74, 6) is -0.450. The van der Waals surface area contributed by atoms with Crippen molar-refractivity contribution in [1.82, 2.24) is 4.90 Å². The van der Waals surface area contributed by atoms with E-state index in [9.17, 15) is 14.4 Å². The number of anilines is 2. The van der Waals surface area contributed by atoms with Crippen molar-refractivity contribution in [3.63, 3.8) is 0 Å². The molecule has 0 aromatic heterocycles. The Bertz CT molecular complexity index is 836. The number of carbonyl (C=O) groups is 3. The van der Waals surface area contributed by atoms with E-state index < -0.39 is 5.97 Å². The molecular formula is C20H23N3O5. The highest BCUT2D eigenvalue weighted by atomic mass is 16.5. The number of hydrogen-bond donors (Lipinski definition) is 2. The molecule has 0 fully saturated rings. The van der Waals surface area contributed by atoms with E-state index in [4.69, 9.17) is 9.47 Å². The summed E-state index contributed by atoms with van der Waals surface area (Å²) >= 11 is 0. The van der Waals surface area contributed by atoms with Crippen LogP contribution in [-0.4, -0.2) is 57.0 Å². The molecule has 0 saturated heterocycles. The van der Waals surface area contributed by atoms with Gasteiger partial charge in [-0.3, -0.25) is 14.5 Å². The van der Waals surface area contributed by atoms with E-state index in [1.807, 2.05) is 0 Å². The lowest BCUT2D eigenvalue weighted by molar-refractivity contribution is -0.119. The summed E-state index contributed by atoms with van der Waals surface area (Å²) < 4.78 is 9.77. The maximum atomic E-state index is 12.2. The van der Waals surface area contributed by atoms with Gasteiger partial charge in [-0.25, -0.2) is 4.79 Å². The number of para-hydroxylation sites is 1. The predicted molar refractivity (Wildman–Crippen MR) is 106 cm³/mol. The number of benzene rings is 2. The van der Waals surface area contributed by atoms with E-state index in [2.05, 4.69) is 10.6 Å². The number of rotatable bonds is 8. The molecule has 2 rings (SSSR count). The van der Waals surface area contributed by atoms with E-state index in [-0.39, 0.29) is 30.5 Å². The van der Waals surface area contributed by atoms with Gasteiger partial charge in [-0.05, 0) is 43.4 Å². The van der Waals surface area contributed by atoms with Crippen LogP contribution < -0.4 is 15.4 Å². The van der Waals surface area contributed by atoms with Crippen LogP contribution >= 0.6 is 0 Å². The molecule has 2 amide bonds. The van der Waals surface area contributed by atoms with Gasteiger partial charge in [-0.1, -0.05) is 12.1 Å². The molecule has 0 radical (unpaired) electrons. The molecule has 0 aliphatic rings. The van der Waals surface area contributed by atoms with Gasteiger partial charge in [0.1, 0.15) is 5.75 Å². The lowest BCUT2D eigenvalue weighted by Crippen LogP contribution is -2.36. The molecule has 0 heterocycles. The Morgan fingerprint density at radius 1 is 0.893 bits per heavy atom. The van der Waals surface area contributed by atoms with Crippen LogP contribution in [0, 0.1) is 0 Å². The monoisotopic (exact) mass is 385 g/mol. The molecule has 8 nitrogen and oxygen atoms in total. The topological polar surface area (TPSA) is 97.0 Å². The summed E-state index contributed by atoms with van der Waals surface area (Å²) in [6.07, 6.45) is 0. The number of carbonyl (C=O) groups excluding carboxylic acids is 3. The smallest absolute Gasteiger partial charge is 0.339 e. The molecule has 8 heteroatoms. The van der Waals surface area contributed by atoms with E-state index in [1.54, 1.807) is 67.6 Å². The van der Waals surface area contributed by atoms with E-state index in [0.29, 0.717) is 17.1 Å². The van der Waals surface area contributed by atoms with Crippen molar-refractivity contribution in [3.05, 3.63) is 54.1 Å². The molecule has 0 aliphatic heterocycles. The van der Waals surface area contributed by atoms with Crippen molar-refractivity contribution < 1.29 is 23.9 Å². The number of hydrogen-bond acceptors (Lipinski definition) is 6. The largest absolute Gasteiger partial charge is 0.497 e. The van der Waals surface area contributed by atoms with Gasteiger partial charge in [0.25, 0.3) is 0 Å². The minimum Gasteiger partial charge on any atom is -0.497 e. The Morgan fingerprint density at radius 3 is 2.11 bits per heavy atom. The Balaban J connectivity index is 1.86. The molecule has 2 N–H and O–H groups in total. The maximum absolute atomic E-state index is 12.2. The van der Waals surface area contributed by atoms with Crippen molar-refractivity contribution in [2.45, 2.75) is 0 Å². The zero-order valence-electron chi connectivity index (χ0n) is 16.0. The first-order chi connectivity index (χ1) is 13.4. The number of amides is 2. The summed E-state index contributed by atoms with van der Waals surface area (Å²) in [5.41, 5.74) is 1.25. The maximum Gasteiger partial charge on any atom is 0.339 e. The molecule has 148 valence electrons. The van der Waals surface area contributed by atoms with E-state index in [1.165, 1.54) is 7.11 Å². The summed E-state index contributed by atoms with van der Waals surface area (Å²) in [4.78, 5) is 37.7. The summed E-state index contributed by atoms with van der Waals surface area (Å²) in [6, 6.07) is 13.5. The van der Waals surface area contributed by atoms with Gasteiger partial charge in [0.2, 0.25) is 11.8 Å². The first-order valence-corrected chi connectivity index (χ1v) is 8.52. The number of esters is 1. The Kier molecular flexibility index (Phi) is 7.53. The lowest BCUT2D eigenvalue weighted by Gasteiger charge is -2.17. The predicted octanol–water partition coefficient (Wildman–Crippen LogP) is 1.99. The van der Waals surface area contributed by atoms with Crippen LogP contribution in [0.15, 0.2) is 48.5 Å². The molecule has 0 aliphatic carbocycles. The fourth-order valence-corrected chi connectivity index (χ4v) is 2.49. The third kappa shape index (κ3) is 6.10. The first-order valence-electron chi connectivity index (χ1n) is 8.52. The molecule has 28 heavy (non-hydrogen) atoms.